The van der Waals surface area contributed by atoms with Crippen LogP contribution in [-0.4, -0.2) is 41.9 Å². The normalized spacial score (nSPS) is 45.4. The highest BCUT2D eigenvalue weighted by molar-refractivity contribution is 14.1. The Bertz CT molecular complexity index is 201. The molecular formula is C9H15IO4. The number of hydrogen-bond acceptors (Lipinski definition) is 4. The summed E-state index contributed by atoms with van der Waals surface area (Å²) in [6.07, 6.45) is -0.296. The second-order valence-electron chi connectivity index (χ2n) is 4.00. The molecule has 0 saturated carbocycles. The molecule has 82 valence electrons. The Kier molecular flexibility index (Phi) is 3.05. The van der Waals surface area contributed by atoms with Crippen LogP contribution in [0.4, 0.5) is 0 Å². The molecule has 0 aromatic carbocycles. The Morgan fingerprint density at radius 1 is 1.29 bits per heavy atom. The monoisotopic (exact) mass is 314 g/mol. The summed E-state index contributed by atoms with van der Waals surface area (Å²) in [7, 11) is 1.63. The first-order valence-electron chi connectivity index (χ1n) is 4.67. The van der Waals surface area contributed by atoms with Crippen LogP contribution in [0.1, 0.15) is 13.8 Å². The summed E-state index contributed by atoms with van der Waals surface area (Å²) in [4.78, 5) is 0. The maximum Gasteiger partial charge on any atom is 0.186 e. The van der Waals surface area contributed by atoms with E-state index in [2.05, 4.69) is 22.6 Å². The summed E-state index contributed by atoms with van der Waals surface area (Å²) in [5.41, 5.74) is 0. The summed E-state index contributed by atoms with van der Waals surface area (Å²) in [5.74, 6) is -0.514. The van der Waals surface area contributed by atoms with Crippen molar-refractivity contribution >= 4 is 22.6 Å². The van der Waals surface area contributed by atoms with Gasteiger partial charge in [0.25, 0.3) is 0 Å². The van der Waals surface area contributed by atoms with Crippen LogP contribution in [-0.2, 0) is 18.9 Å². The van der Waals surface area contributed by atoms with Gasteiger partial charge >= 0.3 is 0 Å². The second-order valence-corrected chi connectivity index (χ2v) is 4.88. The van der Waals surface area contributed by atoms with E-state index in [1.807, 2.05) is 13.8 Å². The fraction of sp³-hybridized carbons (Fsp3) is 1.00. The number of rotatable bonds is 2. The highest BCUT2D eigenvalue weighted by Crippen LogP contribution is 2.39. The van der Waals surface area contributed by atoms with E-state index in [0.29, 0.717) is 0 Å². The van der Waals surface area contributed by atoms with Gasteiger partial charge in [0, 0.05) is 11.5 Å². The van der Waals surface area contributed by atoms with E-state index in [0.717, 1.165) is 4.43 Å². The van der Waals surface area contributed by atoms with Crippen LogP contribution in [0.15, 0.2) is 0 Å². The van der Waals surface area contributed by atoms with Gasteiger partial charge in [0.1, 0.15) is 12.2 Å². The van der Waals surface area contributed by atoms with Crippen molar-refractivity contribution in [3.8, 4) is 0 Å². The van der Waals surface area contributed by atoms with Gasteiger partial charge < -0.3 is 18.9 Å². The zero-order valence-electron chi connectivity index (χ0n) is 8.53. The lowest BCUT2D eigenvalue weighted by Crippen LogP contribution is -2.30. The van der Waals surface area contributed by atoms with Gasteiger partial charge in [-0.2, -0.15) is 0 Å². The molecule has 0 N–H and O–H groups in total. The first-order chi connectivity index (χ1) is 6.57. The van der Waals surface area contributed by atoms with Crippen molar-refractivity contribution in [3.05, 3.63) is 0 Å². The smallest absolute Gasteiger partial charge is 0.186 e. The van der Waals surface area contributed by atoms with E-state index in [4.69, 9.17) is 18.9 Å². The van der Waals surface area contributed by atoms with Gasteiger partial charge in [0.15, 0.2) is 12.1 Å². The van der Waals surface area contributed by atoms with Crippen molar-refractivity contribution in [2.24, 2.45) is 0 Å². The number of alkyl halides is 1. The van der Waals surface area contributed by atoms with Crippen molar-refractivity contribution in [3.63, 3.8) is 0 Å². The maximum atomic E-state index is 5.78. The minimum Gasteiger partial charge on any atom is -0.353 e. The van der Waals surface area contributed by atoms with Crippen LogP contribution < -0.4 is 0 Å². The highest BCUT2D eigenvalue weighted by Gasteiger charge is 2.55. The standard InChI is InChI=1S/C9H15IO4/c1-9(2)13-6-5(4-10)12-8(11-3)7(6)14-9/h5-8H,4H2,1-3H3/t5-,6-,7-,8?/m1/s1. The van der Waals surface area contributed by atoms with E-state index in [9.17, 15) is 0 Å². The lowest BCUT2D eigenvalue weighted by Gasteiger charge is -2.22. The average Bonchev–Trinajstić information content (AvgIpc) is 2.57. The highest BCUT2D eigenvalue weighted by atomic mass is 127. The van der Waals surface area contributed by atoms with Gasteiger partial charge in [-0.25, -0.2) is 0 Å². The van der Waals surface area contributed by atoms with Gasteiger partial charge in [-0.3, -0.25) is 0 Å². The molecule has 14 heavy (non-hydrogen) atoms. The molecule has 0 radical (unpaired) electrons. The van der Waals surface area contributed by atoms with Crippen molar-refractivity contribution in [1.82, 2.24) is 0 Å². The molecule has 2 aliphatic heterocycles. The minimum absolute atomic E-state index is 0.00634. The van der Waals surface area contributed by atoms with Crippen LogP contribution >= 0.6 is 22.6 Å². The van der Waals surface area contributed by atoms with Crippen molar-refractivity contribution in [2.45, 2.75) is 44.2 Å². The summed E-state index contributed by atoms with van der Waals surface area (Å²) in [5, 5.41) is 0. The lowest BCUT2D eigenvalue weighted by atomic mass is 10.2. The van der Waals surface area contributed by atoms with E-state index in [1.54, 1.807) is 7.11 Å². The van der Waals surface area contributed by atoms with Crippen molar-refractivity contribution in [2.75, 3.05) is 11.5 Å². The molecule has 0 aromatic heterocycles. The molecule has 0 spiro atoms. The molecular weight excluding hydrogens is 299 g/mol. The number of methoxy groups -OCH3 is 1. The summed E-state index contributed by atoms with van der Waals surface area (Å²) < 4.78 is 23.3. The minimum atomic E-state index is -0.514. The topological polar surface area (TPSA) is 36.9 Å². The van der Waals surface area contributed by atoms with E-state index in [1.165, 1.54) is 0 Å². The van der Waals surface area contributed by atoms with Gasteiger partial charge in [-0.15, -0.1) is 0 Å². The SMILES string of the molecule is COC1O[C@H](CI)[C@H]2OC(C)(C)O[C@@H]12. The molecule has 2 aliphatic rings. The fourth-order valence-corrected chi connectivity index (χ4v) is 2.67. The molecule has 0 amide bonds. The predicted octanol–water partition coefficient (Wildman–Crippen LogP) is 1.31. The van der Waals surface area contributed by atoms with Crippen LogP contribution in [0.2, 0.25) is 0 Å². The molecule has 4 atom stereocenters. The summed E-state index contributed by atoms with van der Waals surface area (Å²) in [6, 6.07) is 0. The quantitative estimate of drug-likeness (QED) is 0.569. The fourth-order valence-electron chi connectivity index (χ4n) is 1.96. The van der Waals surface area contributed by atoms with Crippen LogP contribution in [0.3, 0.4) is 0 Å². The number of hydrogen-bond donors (Lipinski definition) is 0. The molecule has 1 unspecified atom stereocenters. The maximum absolute atomic E-state index is 5.78. The largest absolute Gasteiger partial charge is 0.353 e. The van der Waals surface area contributed by atoms with Gasteiger partial charge in [-0.05, 0) is 13.8 Å². The second kappa shape index (κ2) is 3.86. The third-order valence-corrected chi connectivity index (χ3v) is 3.36. The first kappa shape index (κ1) is 11.1. The Morgan fingerprint density at radius 2 is 1.93 bits per heavy atom. The van der Waals surface area contributed by atoms with Crippen LogP contribution in [0, 0.1) is 0 Å². The number of ether oxygens (including phenoxy) is 4. The number of fused-ring (bicyclic) bond motifs is 1. The third-order valence-electron chi connectivity index (χ3n) is 2.49. The predicted molar refractivity (Wildman–Crippen MR) is 58.4 cm³/mol. The molecule has 2 fully saturated rings. The lowest BCUT2D eigenvalue weighted by molar-refractivity contribution is -0.223. The summed E-state index contributed by atoms with van der Waals surface area (Å²) in [6.45, 7) is 3.84. The molecule has 0 aliphatic carbocycles. The van der Waals surface area contributed by atoms with Gasteiger partial charge in [0.2, 0.25) is 0 Å². The average molecular weight is 314 g/mol. The van der Waals surface area contributed by atoms with Crippen LogP contribution in [0.25, 0.3) is 0 Å². The zero-order valence-corrected chi connectivity index (χ0v) is 10.7. The molecule has 2 heterocycles. The zero-order chi connectivity index (χ0) is 10.3. The molecule has 2 rings (SSSR count). The Hall–Kier alpha value is 0.570. The van der Waals surface area contributed by atoms with E-state index in [-0.39, 0.29) is 24.6 Å². The molecule has 0 bridgehead atoms. The molecule has 2 saturated heterocycles. The first-order valence-corrected chi connectivity index (χ1v) is 6.20. The van der Waals surface area contributed by atoms with Crippen molar-refractivity contribution < 1.29 is 18.9 Å². The van der Waals surface area contributed by atoms with Crippen LogP contribution in [0.5, 0.6) is 0 Å². The Labute approximate surface area is 97.4 Å². The van der Waals surface area contributed by atoms with E-state index >= 15 is 0 Å². The van der Waals surface area contributed by atoms with Gasteiger partial charge in [0.05, 0.1) is 6.10 Å². The Balaban J connectivity index is 2.12. The summed E-state index contributed by atoms with van der Waals surface area (Å²) >= 11 is 2.29. The third kappa shape index (κ3) is 1.80. The number of halogens is 1. The Morgan fingerprint density at radius 3 is 2.50 bits per heavy atom. The molecule has 4 nitrogen and oxygen atoms in total. The molecule has 5 heteroatoms. The van der Waals surface area contributed by atoms with Gasteiger partial charge in [-0.1, -0.05) is 22.6 Å². The molecule has 0 aromatic rings. The van der Waals surface area contributed by atoms with E-state index < -0.39 is 5.79 Å². The van der Waals surface area contributed by atoms with Crippen molar-refractivity contribution in [1.29, 1.82) is 0 Å².